The lowest BCUT2D eigenvalue weighted by Crippen LogP contribution is -2.32. The van der Waals surface area contributed by atoms with Gasteiger partial charge in [0.05, 0.1) is 0 Å². The maximum absolute atomic E-state index is 11.6. The fraction of sp³-hybridized carbons (Fsp3) is 0.300. The van der Waals surface area contributed by atoms with E-state index in [9.17, 15) is 13.2 Å². The molecule has 0 spiro atoms. The Balaban J connectivity index is 2.25. The number of rotatable bonds is 2. The number of nitrogens with one attached hydrogen (secondary N) is 1. The Morgan fingerprint density at radius 2 is 1.94 bits per heavy atom. The second kappa shape index (κ2) is 3.88. The summed E-state index contributed by atoms with van der Waals surface area (Å²) in [6.45, 7) is 1.78. The van der Waals surface area contributed by atoms with Crippen LogP contribution in [0.15, 0.2) is 30.3 Å². The fourth-order valence-electron chi connectivity index (χ4n) is 1.60. The molecule has 0 unspecified atom stereocenters. The van der Waals surface area contributed by atoms with Gasteiger partial charge in [-0.15, -0.1) is 0 Å². The average molecular weight is 240 g/mol. The minimum atomic E-state index is -3.65. The highest BCUT2D eigenvalue weighted by molar-refractivity contribution is 7.88. The molecule has 86 valence electrons. The zero-order valence-electron chi connectivity index (χ0n) is 8.75. The Morgan fingerprint density at radius 1 is 1.31 bits per heavy atom. The van der Waals surface area contributed by atoms with Crippen molar-refractivity contribution in [1.29, 1.82) is 0 Å². The van der Waals surface area contributed by atoms with Crippen LogP contribution in [0.25, 0.3) is 0 Å². The normalized spacial score (nSPS) is 24.3. The molecule has 16 heavy (non-hydrogen) atoms. The molecule has 0 saturated carbocycles. The van der Waals surface area contributed by atoms with Crippen molar-refractivity contribution in [3.8, 4) is 0 Å². The number of nitrogens with zero attached hydrogens (tertiary/aromatic N) is 1. The summed E-state index contributed by atoms with van der Waals surface area (Å²) in [6, 6.07) is 8.52. The van der Waals surface area contributed by atoms with E-state index in [1.54, 1.807) is 6.92 Å². The minimum Gasteiger partial charge on any atom is -0.272 e. The molecular formula is C10H12N2O3S. The molecule has 2 rings (SSSR count). The van der Waals surface area contributed by atoms with Crippen molar-refractivity contribution in [1.82, 2.24) is 9.03 Å². The monoisotopic (exact) mass is 240 g/mol. The van der Waals surface area contributed by atoms with Gasteiger partial charge in [-0.25, -0.2) is 4.72 Å². The SMILES string of the molecule is C[C@H]1C(=O)NS(=O)(=O)N1Cc1ccccc1. The lowest BCUT2D eigenvalue weighted by molar-refractivity contribution is -0.121. The van der Waals surface area contributed by atoms with E-state index in [4.69, 9.17) is 0 Å². The molecule has 1 amide bonds. The lowest BCUT2D eigenvalue weighted by atomic mass is 10.2. The highest BCUT2D eigenvalue weighted by Gasteiger charge is 2.40. The number of amides is 1. The van der Waals surface area contributed by atoms with E-state index in [1.807, 2.05) is 35.1 Å². The zero-order chi connectivity index (χ0) is 11.8. The van der Waals surface area contributed by atoms with Gasteiger partial charge in [0.2, 0.25) is 0 Å². The van der Waals surface area contributed by atoms with Crippen molar-refractivity contribution in [2.24, 2.45) is 0 Å². The zero-order valence-corrected chi connectivity index (χ0v) is 9.57. The molecule has 6 heteroatoms. The highest BCUT2D eigenvalue weighted by atomic mass is 32.2. The molecule has 1 aromatic carbocycles. The molecule has 1 aliphatic rings. The third-order valence-electron chi connectivity index (χ3n) is 2.53. The van der Waals surface area contributed by atoms with Crippen LogP contribution in [0.2, 0.25) is 0 Å². The van der Waals surface area contributed by atoms with Crippen LogP contribution in [0.3, 0.4) is 0 Å². The molecule has 1 heterocycles. The molecule has 0 aromatic heterocycles. The van der Waals surface area contributed by atoms with Gasteiger partial charge in [-0.1, -0.05) is 30.3 Å². The van der Waals surface area contributed by atoms with Crippen LogP contribution in [0.5, 0.6) is 0 Å². The lowest BCUT2D eigenvalue weighted by Gasteiger charge is -2.16. The number of benzene rings is 1. The van der Waals surface area contributed by atoms with Gasteiger partial charge in [0.15, 0.2) is 0 Å². The molecule has 1 saturated heterocycles. The van der Waals surface area contributed by atoms with Crippen LogP contribution >= 0.6 is 0 Å². The van der Waals surface area contributed by atoms with E-state index in [-0.39, 0.29) is 6.54 Å². The Hall–Kier alpha value is -1.40. The van der Waals surface area contributed by atoms with Crippen molar-refractivity contribution in [2.45, 2.75) is 19.5 Å². The molecule has 1 aliphatic heterocycles. The van der Waals surface area contributed by atoms with Crippen LogP contribution in [0, 0.1) is 0 Å². The van der Waals surface area contributed by atoms with E-state index < -0.39 is 22.2 Å². The topological polar surface area (TPSA) is 66.5 Å². The first-order valence-corrected chi connectivity index (χ1v) is 6.32. The third kappa shape index (κ3) is 1.94. The van der Waals surface area contributed by atoms with Gasteiger partial charge < -0.3 is 0 Å². The van der Waals surface area contributed by atoms with E-state index in [2.05, 4.69) is 0 Å². The van der Waals surface area contributed by atoms with Crippen LogP contribution in [0.1, 0.15) is 12.5 Å². The van der Waals surface area contributed by atoms with Crippen molar-refractivity contribution < 1.29 is 13.2 Å². The quantitative estimate of drug-likeness (QED) is 0.806. The summed E-state index contributed by atoms with van der Waals surface area (Å²) in [4.78, 5) is 11.3. The maximum Gasteiger partial charge on any atom is 0.304 e. The van der Waals surface area contributed by atoms with E-state index in [0.29, 0.717) is 0 Å². The number of hydrogen-bond acceptors (Lipinski definition) is 3. The molecule has 1 N–H and O–H groups in total. The molecule has 1 atom stereocenters. The Labute approximate surface area is 94.3 Å². The smallest absolute Gasteiger partial charge is 0.272 e. The van der Waals surface area contributed by atoms with E-state index in [1.165, 1.54) is 0 Å². The Bertz CT molecular complexity index is 498. The van der Waals surface area contributed by atoms with Gasteiger partial charge in [0.25, 0.3) is 5.91 Å². The minimum absolute atomic E-state index is 0.211. The van der Waals surface area contributed by atoms with Crippen molar-refractivity contribution >= 4 is 16.1 Å². The van der Waals surface area contributed by atoms with Gasteiger partial charge in [-0.05, 0) is 12.5 Å². The first-order chi connectivity index (χ1) is 7.50. The average Bonchev–Trinajstić information content (AvgIpc) is 2.42. The number of carbonyl (C=O) groups excluding carboxylic acids is 1. The molecule has 0 aliphatic carbocycles. The summed E-state index contributed by atoms with van der Waals surface area (Å²) in [6.07, 6.45) is 0. The van der Waals surface area contributed by atoms with Crippen LogP contribution < -0.4 is 4.72 Å². The first kappa shape index (κ1) is 11.1. The predicted molar refractivity (Wildman–Crippen MR) is 58.5 cm³/mol. The van der Waals surface area contributed by atoms with Crippen molar-refractivity contribution in [3.05, 3.63) is 35.9 Å². The van der Waals surface area contributed by atoms with Crippen LogP contribution in [-0.4, -0.2) is 24.7 Å². The van der Waals surface area contributed by atoms with Crippen LogP contribution in [-0.2, 0) is 21.5 Å². The van der Waals surface area contributed by atoms with Gasteiger partial charge in [0, 0.05) is 6.54 Å². The summed E-state index contributed by atoms with van der Waals surface area (Å²) >= 11 is 0. The first-order valence-electron chi connectivity index (χ1n) is 4.88. The van der Waals surface area contributed by atoms with Crippen molar-refractivity contribution in [3.63, 3.8) is 0 Å². The number of carbonyl (C=O) groups is 1. The molecule has 5 nitrogen and oxygen atoms in total. The Morgan fingerprint density at radius 3 is 2.44 bits per heavy atom. The maximum atomic E-state index is 11.6. The second-order valence-corrected chi connectivity index (χ2v) is 5.30. The van der Waals surface area contributed by atoms with E-state index in [0.717, 1.165) is 9.87 Å². The summed E-state index contributed by atoms with van der Waals surface area (Å²) in [5.74, 6) is -0.476. The summed E-state index contributed by atoms with van der Waals surface area (Å²) in [5.41, 5.74) is 0.856. The Kier molecular flexibility index (Phi) is 2.69. The molecule has 0 bridgehead atoms. The van der Waals surface area contributed by atoms with Gasteiger partial charge in [-0.3, -0.25) is 4.79 Å². The van der Waals surface area contributed by atoms with Gasteiger partial charge in [-0.2, -0.15) is 12.7 Å². The molecule has 1 fully saturated rings. The number of hydrogen-bond donors (Lipinski definition) is 1. The van der Waals surface area contributed by atoms with Gasteiger partial charge >= 0.3 is 10.2 Å². The summed E-state index contributed by atoms with van der Waals surface area (Å²) < 4.78 is 26.3. The van der Waals surface area contributed by atoms with Crippen molar-refractivity contribution in [2.75, 3.05) is 0 Å². The summed E-state index contributed by atoms with van der Waals surface area (Å²) in [5, 5.41) is 0. The summed E-state index contributed by atoms with van der Waals surface area (Å²) in [7, 11) is -3.65. The molecular weight excluding hydrogens is 228 g/mol. The molecule has 1 aromatic rings. The standard InChI is InChI=1S/C10H12N2O3S/c1-8-10(13)11-16(14,15)12(8)7-9-5-3-2-4-6-9/h2-6,8H,7H2,1H3,(H,11,13)/t8-/m0/s1. The van der Waals surface area contributed by atoms with Crippen LogP contribution in [0.4, 0.5) is 0 Å². The van der Waals surface area contributed by atoms with Gasteiger partial charge in [0.1, 0.15) is 6.04 Å². The van der Waals surface area contributed by atoms with E-state index >= 15 is 0 Å². The predicted octanol–water partition coefficient (Wildman–Crippen LogP) is 0.252. The second-order valence-electron chi connectivity index (χ2n) is 3.68. The molecule has 0 radical (unpaired) electrons. The third-order valence-corrected chi connectivity index (χ3v) is 4.05. The fourth-order valence-corrected chi connectivity index (χ4v) is 2.97. The largest absolute Gasteiger partial charge is 0.304 e. The highest BCUT2D eigenvalue weighted by Crippen LogP contribution is 2.17.